The van der Waals surface area contributed by atoms with Crippen LogP contribution < -0.4 is 9.80 Å². The van der Waals surface area contributed by atoms with Gasteiger partial charge in [-0.15, -0.1) is 0 Å². The summed E-state index contributed by atoms with van der Waals surface area (Å²) in [5.74, 6) is 0.519. The second-order valence-electron chi connectivity index (χ2n) is 28.1. The number of para-hydroxylation sites is 6. The van der Waals surface area contributed by atoms with Crippen molar-refractivity contribution in [2.24, 2.45) is 0 Å². The molecule has 6 aliphatic heterocycles. The summed E-state index contributed by atoms with van der Waals surface area (Å²) in [7, 11) is 0. The average molecular weight is 1780 g/mol. The SMILES string of the molecule is C1=COCCC1.Clc1nc(Cl)c2[nH]cnc2n1.Clc1nc(Cl)c2ncn(C3CCCCO3)c2n1.FC(F)c1nc2ccccc2n1-c1nc(Cl)nc2c1ncn2C1CCCCO1.FC(F)c1nc2ccccc2n1-c1nc(N2CCOCC2)nc2c1ncn2C1CCCCO1.FC(F)c1nc2ccccc2n1-c1nc(N2CCOCC2)nc2nc[nH]c12. The highest BCUT2D eigenvalue weighted by Crippen LogP contribution is 2.38. The summed E-state index contributed by atoms with van der Waals surface area (Å²) in [4.78, 5) is 86.1. The number of nitrogens with zero attached hydrogens (tertiary/aromatic N) is 26. The van der Waals surface area contributed by atoms with Crippen LogP contribution in [-0.4, -0.2) is 206 Å². The predicted molar refractivity (Wildman–Crippen MR) is 440 cm³/mol. The topological polar surface area (TPSA) is 355 Å². The molecule has 22 rings (SSSR count). The van der Waals surface area contributed by atoms with Crippen molar-refractivity contribution in [1.29, 1.82) is 0 Å². The van der Waals surface area contributed by atoms with E-state index in [1.165, 1.54) is 39.2 Å². The van der Waals surface area contributed by atoms with Crippen LogP contribution in [0.5, 0.6) is 0 Å². The quantitative estimate of drug-likeness (QED) is 0.0690. The van der Waals surface area contributed by atoms with E-state index in [2.05, 4.69) is 89.7 Å². The number of imidazole rings is 8. The van der Waals surface area contributed by atoms with Gasteiger partial charge in [0, 0.05) is 46.0 Å². The molecule has 19 heterocycles. The molecule has 5 saturated heterocycles. The minimum atomic E-state index is -2.79. The minimum absolute atomic E-state index is 0.0317. The number of hydrogen-bond donors (Lipinski definition) is 2. The minimum Gasteiger partial charge on any atom is -0.502 e. The van der Waals surface area contributed by atoms with Gasteiger partial charge in [0.1, 0.15) is 35.2 Å². The molecule has 2 N–H and O–H groups in total. The third kappa shape index (κ3) is 17.8. The average Bonchev–Trinajstić information content (AvgIpc) is 1.60. The van der Waals surface area contributed by atoms with Gasteiger partial charge in [-0.05, 0) is 148 Å². The number of ether oxygens (including phenoxy) is 6. The van der Waals surface area contributed by atoms with E-state index >= 15 is 0 Å². The Labute approximate surface area is 711 Å². The maximum atomic E-state index is 14.1. The number of H-pyrrole nitrogens is 2. The van der Waals surface area contributed by atoms with Gasteiger partial charge in [-0.1, -0.05) is 59.6 Å². The molecule has 0 bridgehead atoms. The van der Waals surface area contributed by atoms with Crippen LogP contribution in [-0.2, 0) is 28.4 Å². The first-order valence-corrected chi connectivity index (χ1v) is 41.0. The largest absolute Gasteiger partial charge is 0.502 e. The van der Waals surface area contributed by atoms with E-state index in [0.717, 1.165) is 71.0 Å². The van der Waals surface area contributed by atoms with Gasteiger partial charge >= 0.3 is 0 Å². The van der Waals surface area contributed by atoms with E-state index in [1.807, 2.05) is 25.0 Å². The van der Waals surface area contributed by atoms with Gasteiger partial charge in [-0.25, -0.2) is 76.2 Å². The molecule has 6 aliphatic rings. The van der Waals surface area contributed by atoms with Gasteiger partial charge in [0.05, 0.1) is 104 Å². The first-order chi connectivity index (χ1) is 59.6. The molecule has 3 unspecified atom stereocenters. The Kier molecular flexibility index (Phi) is 25.6. The Balaban J connectivity index is 0.000000110. The van der Waals surface area contributed by atoms with Crippen LogP contribution >= 0.6 is 58.0 Å². The summed E-state index contributed by atoms with van der Waals surface area (Å²) in [6, 6.07) is 20.9. The first kappa shape index (κ1) is 83.1. The summed E-state index contributed by atoms with van der Waals surface area (Å²) in [5, 5.41) is 0.736. The Hall–Kier alpha value is -11.2. The Bertz CT molecular complexity index is 6370. The van der Waals surface area contributed by atoms with Crippen LogP contribution in [0.3, 0.4) is 0 Å². The van der Waals surface area contributed by atoms with E-state index in [9.17, 15) is 26.3 Å². The molecule has 3 atom stereocenters. The van der Waals surface area contributed by atoms with E-state index in [-0.39, 0.29) is 62.3 Å². The number of fused-ring (bicyclic) bond motifs is 8. The number of aromatic amines is 2. The van der Waals surface area contributed by atoms with Gasteiger partial charge in [-0.2, -0.15) is 39.9 Å². The predicted octanol–water partition coefficient (Wildman–Crippen LogP) is 16.4. The second kappa shape index (κ2) is 37.6. The zero-order chi connectivity index (χ0) is 83.9. The second-order valence-corrected chi connectivity index (χ2v) is 29.8. The summed E-state index contributed by atoms with van der Waals surface area (Å²) in [5.41, 5.74) is 7.97. The number of aromatic nitrogens is 26. The molecule has 34 nitrogen and oxygen atoms in total. The highest BCUT2D eigenvalue weighted by atomic mass is 35.5. The number of anilines is 2. The number of benzene rings is 3. The summed E-state index contributed by atoms with van der Waals surface area (Å²) >= 11 is 29.1. The summed E-state index contributed by atoms with van der Waals surface area (Å²) in [6.07, 6.45) is 14.3. The van der Waals surface area contributed by atoms with Crippen molar-refractivity contribution in [1.82, 2.24) is 127 Å². The molecule has 0 spiro atoms. The number of hydrogen-bond acceptors (Lipinski definition) is 26. The van der Waals surface area contributed by atoms with Crippen molar-refractivity contribution in [3.8, 4) is 17.5 Å². The number of allylic oxidation sites excluding steroid dienone is 1. The lowest BCUT2D eigenvalue weighted by Crippen LogP contribution is -2.37. The van der Waals surface area contributed by atoms with Crippen LogP contribution in [0.25, 0.3) is 106 Å². The van der Waals surface area contributed by atoms with Crippen LogP contribution in [0.4, 0.5) is 38.2 Å². The van der Waals surface area contributed by atoms with Crippen LogP contribution in [0, 0.1) is 0 Å². The van der Waals surface area contributed by atoms with Crippen molar-refractivity contribution < 1.29 is 54.8 Å². The van der Waals surface area contributed by atoms with E-state index < -0.39 is 25.1 Å². The zero-order valence-electron chi connectivity index (χ0n) is 64.4. The zero-order valence-corrected chi connectivity index (χ0v) is 68.2. The Morgan fingerprint density at radius 3 is 1.24 bits per heavy atom. The fraction of sp³-hybridized carbons (Fsp3) is 0.377. The molecule has 13 aromatic heterocycles. The molecule has 3 aromatic carbocycles. The Morgan fingerprint density at radius 1 is 0.377 bits per heavy atom. The fourth-order valence-electron chi connectivity index (χ4n) is 14.7. The molecular formula is C77H73Cl5F6N28O6. The Morgan fingerprint density at radius 2 is 0.787 bits per heavy atom. The number of alkyl halides is 6. The van der Waals surface area contributed by atoms with Gasteiger partial charge in [0.2, 0.25) is 27.7 Å². The highest BCUT2D eigenvalue weighted by molar-refractivity contribution is 6.35. The van der Waals surface area contributed by atoms with E-state index in [1.54, 1.807) is 103 Å². The highest BCUT2D eigenvalue weighted by Gasteiger charge is 2.32. The molecule has 0 amide bonds. The lowest BCUT2D eigenvalue weighted by Gasteiger charge is -2.28. The summed E-state index contributed by atoms with van der Waals surface area (Å²) in [6.45, 7) is 7.71. The molecule has 0 saturated carbocycles. The number of nitrogens with one attached hydrogen (secondary N) is 2. The smallest absolute Gasteiger partial charge is 0.296 e. The molecule has 16 aromatic rings. The van der Waals surface area contributed by atoms with E-state index in [0.29, 0.717) is 178 Å². The standard InChI is InChI=1S/C22H23F2N7O2.C18H15ClF2N6O.C17H15F2N7O.C10H10Cl2N4O.C5H2Cl2N4.C5H8O/c23-18(24)21-26-14-5-1-2-6-15(14)31(21)20-17-19(27-22(28-20)29-8-11-32-12-9-29)30(13-25-17)16-7-3-4-10-33-16;19-18-24-15-13(22-9-26(15)12-7-3-4-8-28-12)16(25-18)27-11-6-2-1-5-10(11)23-17(27)14(20)21;18-13(19)16-22-10-3-1-2-4-11(10)26(16)15-12-14(21-9-20-12)23-17(24-15)25-5-7-27-8-6-25;11-8-7-9(15-10(12)14-8)16(5-13-7)6-3-1-2-4-17-6;6-3-2-4(9-1-8-2)11-5(7)10-3;1-2-4-6-5-3-1/h1-2,5-6,13,16,18H,3-4,7-12H2;1-2,5-6,9,12,14H,3-4,7-8H2;1-4,9,13H,5-8H2,(H,20,21,23,24);5-6H,1-4H2;1H,(H,8,9,10,11);2,4H,1,3,5H2. The van der Waals surface area contributed by atoms with Crippen molar-refractivity contribution in [2.75, 3.05) is 88.8 Å². The molecule has 0 aliphatic carbocycles. The number of rotatable bonds is 11. The maximum Gasteiger partial charge on any atom is 0.296 e. The molecule has 0 radical (unpaired) electrons. The lowest BCUT2D eigenvalue weighted by atomic mass is 10.2. The lowest BCUT2D eigenvalue weighted by molar-refractivity contribution is -0.0299. The normalized spacial score (nSPS) is 17.7. The van der Waals surface area contributed by atoms with Gasteiger partial charge in [0.25, 0.3) is 19.3 Å². The molecule has 45 heteroatoms. The number of morpholine rings is 2. The summed E-state index contributed by atoms with van der Waals surface area (Å²) < 4.78 is 126. The molecule has 5 fully saturated rings. The fourth-order valence-corrected chi connectivity index (χ4v) is 15.7. The van der Waals surface area contributed by atoms with Crippen LogP contribution in [0.15, 0.2) is 117 Å². The van der Waals surface area contributed by atoms with Gasteiger partial charge in [0.15, 0.2) is 84.5 Å². The molecular weight excluding hydrogens is 1700 g/mol. The molecule has 634 valence electrons. The molecule has 122 heavy (non-hydrogen) atoms. The van der Waals surface area contributed by atoms with Gasteiger partial charge in [-0.3, -0.25) is 27.4 Å². The third-order valence-corrected chi connectivity index (χ3v) is 21.4. The van der Waals surface area contributed by atoms with Crippen molar-refractivity contribution in [3.05, 3.63) is 160 Å². The van der Waals surface area contributed by atoms with Crippen LogP contribution in [0.1, 0.15) is 126 Å². The van der Waals surface area contributed by atoms with Crippen molar-refractivity contribution >= 4 is 159 Å². The third-order valence-electron chi connectivity index (χ3n) is 20.4. The first-order valence-electron chi connectivity index (χ1n) is 39.1. The monoisotopic (exact) mass is 1770 g/mol. The number of halogens is 11. The maximum absolute atomic E-state index is 14.1. The van der Waals surface area contributed by atoms with Crippen molar-refractivity contribution in [2.45, 2.75) is 109 Å². The van der Waals surface area contributed by atoms with Gasteiger partial charge < -0.3 is 48.2 Å². The van der Waals surface area contributed by atoms with Crippen molar-refractivity contribution in [3.63, 3.8) is 0 Å². The van der Waals surface area contributed by atoms with Crippen LogP contribution in [0.2, 0.25) is 26.2 Å². The van der Waals surface area contributed by atoms with E-state index in [4.69, 9.17) is 96.4 Å².